The number of aromatic nitrogens is 1. The lowest BCUT2D eigenvalue weighted by atomic mass is 10.00. The standard InChI is InChI=1S/C29H19NS/c1-2-7-21(8-3-1)30-26-11-6-10-22(26)24-17-19(13-15-27(24)30)20-14-16-29-25(18-20)23-9-4-5-12-28(23)31-29/h1-9,11-18H,10H2. The zero-order valence-corrected chi connectivity index (χ0v) is 17.7. The van der Waals surface area contributed by atoms with Crippen LogP contribution in [0.25, 0.3) is 54.0 Å². The molecule has 0 radical (unpaired) electrons. The highest BCUT2D eigenvalue weighted by molar-refractivity contribution is 7.25. The number of para-hydroxylation sites is 1. The molecule has 7 rings (SSSR count). The third kappa shape index (κ3) is 2.49. The van der Waals surface area contributed by atoms with E-state index in [0.29, 0.717) is 0 Å². The summed E-state index contributed by atoms with van der Waals surface area (Å²) in [6, 6.07) is 33.3. The number of nitrogens with zero attached hydrogens (tertiary/aromatic N) is 1. The lowest BCUT2D eigenvalue weighted by Gasteiger charge is -2.09. The molecule has 1 aliphatic carbocycles. The average molecular weight is 414 g/mol. The van der Waals surface area contributed by atoms with Crippen LogP contribution in [0.2, 0.25) is 0 Å². The zero-order valence-electron chi connectivity index (χ0n) is 16.9. The van der Waals surface area contributed by atoms with E-state index in [-0.39, 0.29) is 0 Å². The van der Waals surface area contributed by atoms with Gasteiger partial charge in [0.1, 0.15) is 0 Å². The fourth-order valence-electron chi connectivity index (χ4n) is 4.99. The molecule has 6 aromatic rings. The van der Waals surface area contributed by atoms with Gasteiger partial charge in [-0.3, -0.25) is 0 Å². The quantitative estimate of drug-likeness (QED) is 0.269. The molecule has 0 fully saturated rings. The number of hydrogen-bond donors (Lipinski definition) is 0. The Morgan fingerprint density at radius 2 is 1.39 bits per heavy atom. The molecule has 0 aliphatic heterocycles. The number of rotatable bonds is 2. The minimum absolute atomic E-state index is 1.00. The van der Waals surface area contributed by atoms with Gasteiger partial charge in [0.05, 0.1) is 11.2 Å². The van der Waals surface area contributed by atoms with E-state index in [1.54, 1.807) is 0 Å². The van der Waals surface area contributed by atoms with Gasteiger partial charge in [-0.15, -0.1) is 11.3 Å². The third-order valence-electron chi connectivity index (χ3n) is 6.43. The molecule has 2 heterocycles. The highest BCUT2D eigenvalue weighted by Crippen LogP contribution is 2.39. The van der Waals surface area contributed by atoms with Crippen molar-refractivity contribution < 1.29 is 0 Å². The summed E-state index contributed by atoms with van der Waals surface area (Å²) in [6.45, 7) is 0. The predicted molar refractivity (Wildman–Crippen MR) is 134 cm³/mol. The van der Waals surface area contributed by atoms with Gasteiger partial charge in [0.2, 0.25) is 0 Å². The number of thiophene rings is 1. The van der Waals surface area contributed by atoms with Crippen molar-refractivity contribution in [2.24, 2.45) is 0 Å². The molecule has 0 unspecified atom stereocenters. The monoisotopic (exact) mass is 413 g/mol. The molecular formula is C29H19NS. The van der Waals surface area contributed by atoms with Crippen LogP contribution in [-0.4, -0.2) is 4.57 Å². The molecule has 0 saturated carbocycles. The van der Waals surface area contributed by atoms with Gasteiger partial charge in [0, 0.05) is 31.2 Å². The van der Waals surface area contributed by atoms with Crippen LogP contribution in [-0.2, 0) is 6.42 Å². The Balaban J connectivity index is 1.45. The Morgan fingerprint density at radius 3 is 2.29 bits per heavy atom. The topological polar surface area (TPSA) is 4.93 Å². The molecule has 0 amide bonds. The Labute approximate surface area is 184 Å². The summed E-state index contributed by atoms with van der Waals surface area (Å²) in [6.07, 6.45) is 5.55. The molecule has 31 heavy (non-hydrogen) atoms. The molecule has 146 valence electrons. The van der Waals surface area contributed by atoms with Crippen molar-refractivity contribution in [1.29, 1.82) is 0 Å². The van der Waals surface area contributed by atoms with Crippen molar-refractivity contribution in [3.05, 3.63) is 108 Å². The van der Waals surface area contributed by atoms with Gasteiger partial charge in [-0.25, -0.2) is 0 Å². The van der Waals surface area contributed by atoms with Crippen LogP contribution in [0.5, 0.6) is 0 Å². The summed E-state index contributed by atoms with van der Waals surface area (Å²) in [4.78, 5) is 0. The first-order valence-corrected chi connectivity index (χ1v) is 11.5. The van der Waals surface area contributed by atoms with E-state index in [9.17, 15) is 0 Å². The van der Waals surface area contributed by atoms with E-state index in [1.165, 1.54) is 59.1 Å². The smallest absolute Gasteiger partial charge is 0.0538 e. The van der Waals surface area contributed by atoms with Gasteiger partial charge in [-0.05, 0) is 71.7 Å². The van der Waals surface area contributed by atoms with Gasteiger partial charge >= 0.3 is 0 Å². The minimum Gasteiger partial charge on any atom is -0.310 e. The second-order valence-electron chi connectivity index (χ2n) is 8.18. The van der Waals surface area contributed by atoms with Crippen molar-refractivity contribution in [2.75, 3.05) is 0 Å². The van der Waals surface area contributed by atoms with Gasteiger partial charge < -0.3 is 4.57 Å². The van der Waals surface area contributed by atoms with Crippen molar-refractivity contribution in [3.63, 3.8) is 0 Å². The fraction of sp³-hybridized carbons (Fsp3) is 0.0345. The maximum atomic E-state index is 2.40. The summed E-state index contributed by atoms with van der Waals surface area (Å²) in [5.74, 6) is 0. The first-order chi connectivity index (χ1) is 15.4. The third-order valence-corrected chi connectivity index (χ3v) is 7.59. The van der Waals surface area contributed by atoms with Crippen molar-refractivity contribution in [2.45, 2.75) is 6.42 Å². The second-order valence-corrected chi connectivity index (χ2v) is 9.27. The molecule has 0 N–H and O–H groups in total. The van der Waals surface area contributed by atoms with Crippen molar-refractivity contribution >= 4 is 48.5 Å². The summed E-state index contributed by atoms with van der Waals surface area (Å²) in [5, 5.41) is 4.06. The normalized spacial score (nSPS) is 12.9. The van der Waals surface area contributed by atoms with Crippen LogP contribution in [0.15, 0.2) is 97.1 Å². The van der Waals surface area contributed by atoms with Crippen LogP contribution in [0.1, 0.15) is 11.3 Å². The van der Waals surface area contributed by atoms with Gasteiger partial charge in [0.25, 0.3) is 0 Å². The maximum absolute atomic E-state index is 2.40. The number of benzene rings is 4. The van der Waals surface area contributed by atoms with E-state index < -0.39 is 0 Å². The van der Waals surface area contributed by atoms with Gasteiger partial charge in [0.15, 0.2) is 0 Å². The number of allylic oxidation sites excluding steroid dienone is 1. The lowest BCUT2D eigenvalue weighted by molar-refractivity contribution is 1.10. The molecule has 0 atom stereocenters. The predicted octanol–water partition coefficient (Wildman–Crippen LogP) is 8.23. The Hall–Kier alpha value is -3.62. The first kappa shape index (κ1) is 17.1. The molecule has 2 heteroatoms. The number of hydrogen-bond acceptors (Lipinski definition) is 1. The van der Waals surface area contributed by atoms with E-state index in [1.807, 2.05) is 11.3 Å². The van der Waals surface area contributed by atoms with Crippen LogP contribution >= 0.6 is 11.3 Å². The highest BCUT2D eigenvalue weighted by atomic mass is 32.1. The van der Waals surface area contributed by atoms with Crippen molar-refractivity contribution in [1.82, 2.24) is 4.57 Å². The Kier molecular flexibility index (Phi) is 3.55. The van der Waals surface area contributed by atoms with E-state index in [4.69, 9.17) is 0 Å². The molecule has 0 bridgehead atoms. The highest BCUT2D eigenvalue weighted by Gasteiger charge is 2.19. The first-order valence-electron chi connectivity index (χ1n) is 10.7. The van der Waals surface area contributed by atoms with Crippen molar-refractivity contribution in [3.8, 4) is 16.8 Å². The molecule has 4 aromatic carbocycles. The van der Waals surface area contributed by atoms with Crippen LogP contribution in [0.3, 0.4) is 0 Å². The summed E-state index contributed by atoms with van der Waals surface area (Å²) >= 11 is 1.87. The Bertz CT molecular complexity index is 1650. The van der Waals surface area contributed by atoms with E-state index >= 15 is 0 Å². The molecule has 2 aromatic heterocycles. The van der Waals surface area contributed by atoms with Crippen LogP contribution in [0.4, 0.5) is 0 Å². The molecule has 0 saturated heterocycles. The summed E-state index contributed by atoms with van der Waals surface area (Å²) in [7, 11) is 0. The summed E-state index contributed by atoms with van der Waals surface area (Å²) < 4.78 is 5.10. The van der Waals surface area contributed by atoms with Crippen LogP contribution < -0.4 is 0 Å². The van der Waals surface area contributed by atoms with Gasteiger partial charge in [-0.2, -0.15) is 0 Å². The van der Waals surface area contributed by atoms with Crippen LogP contribution in [0, 0.1) is 0 Å². The molecule has 1 aliphatic rings. The van der Waals surface area contributed by atoms with E-state index in [0.717, 1.165) is 6.42 Å². The minimum atomic E-state index is 1.00. The average Bonchev–Trinajstić information content (AvgIpc) is 3.51. The lowest BCUT2D eigenvalue weighted by Crippen LogP contribution is -1.95. The maximum Gasteiger partial charge on any atom is 0.0538 e. The van der Waals surface area contributed by atoms with E-state index in [2.05, 4.69) is 108 Å². The Morgan fingerprint density at radius 1 is 0.645 bits per heavy atom. The van der Waals surface area contributed by atoms with Gasteiger partial charge in [-0.1, -0.05) is 54.6 Å². The second kappa shape index (κ2) is 6.44. The fourth-order valence-corrected chi connectivity index (χ4v) is 6.08. The molecule has 0 spiro atoms. The molecular weight excluding hydrogens is 394 g/mol. The zero-order chi connectivity index (χ0) is 20.4. The number of fused-ring (bicyclic) bond motifs is 6. The molecule has 1 nitrogen and oxygen atoms in total. The SMILES string of the molecule is C1=Cc2c(c3cc(-c4ccc5sc6ccccc6c5c4)ccc3n2-c2ccccc2)C1. The summed E-state index contributed by atoms with van der Waals surface area (Å²) in [5.41, 5.74) is 7.82. The largest absolute Gasteiger partial charge is 0.310 e.